The van der Waals surface area contributed by atoms with Crippen LogP contribution in [0.2, 0.25) is 0 Å². The lowest BCUT2D eigenvalue weighted by Crippen LogP contribution is -2.66. The quantitative estimate of drug-likeness (QED) is 0.0317. The highest BCUT2D eigenvalue weighted by atomic mass is 16.8. The molecule has 1 amide bonds. The van der Waals surface area contributed by atoms with Crippen LogP contribution in [0.5, 0.6) is 0 Å². The summed E-state index contributed by atoms with van der Waals surface area (Å²) in [5.74, 6) is -0.306. The number of ether oxygens (including phenoxy) is 6. The summed E-state index contributed by atoms with van der Waals surface area (Å²) >= 11 is 0. The van der Waals surface area contributed by atoms with Crippen molar-refractivity contribution in [2.45, 2.75) is 227 Å². The molecule has 0 radical (unpaired) electrons. The third-order valence-corrected chi connectivity index (χ3v) is 12.9. The van der Waals surface area contributed by atoms with E-state index in [0.29, 0.717) is 12.8 Å². The number of hydrogen-bond donors (Lipinski definition) is 12. The van der Waals surface area contributed by atoms with Gasteiger partial charge in [-0.05, 0) is 64.2 Å². The molecule has 0 saturated carbocycles. The third kappa shape index (κ3) is 23.3. The van der Waals surface area contributed by atoms with Crippen LogP contribution in [-0.2, 0) is 33.2 Å². The number of aliphatic hydroxyl groups excluding tert-OH is 11. The first kappa shape index (κ1) is 65.3. The maximum absolute atomic E-state index is 13.1. The fourth-order valence-corrected chi connectivity index (χ4v) is 8.47. The van der Waals surface area contributed by atoms with Gasteiger partial charge in [-0.25, -0.2) is 0 Å². The zero-order chi connectivity index (χ0) is 54.1. The molecule has 0 spiro atoms. The molecule has 0 aromatic heterocycles. The molecule has 19 nitrogen and oxygen atoms in total. The van der Waals surface area contributed by atoms with Crippen LogP contribution in [0.15, 0.2) is 85.1 Å². The lowest BCUT2D eigenvalue weighted by Gasteiger charge is -2.48. The molecule has 17 atom stereocenters. The second-order valence-corrected chi connectivity index (χ2v) is 19.0. The second kappa shape index (κ2) is 38.5. The maximum Gasteiger partial charge on any atom is 0.220 e. The average Bonchev–Trinajstić information content (AvgIpc) is 3.40. The molecule has 424 valence electrons. The van der Waals surface area contributed by atoms with Gasteiger partial charge in [0.2, 0.25) is 5.91 Å². The number of unbranched alkanes of at least 4 members (excludes halogenated alkanes) is 8. The molecule has 3 aliphatic heterocycles. The van der Waals surface area contributed by atoms with Crippen molar-refractivity contribution >= 4 is 5.91 Å². The molecule has 0 aliphatic carbocycles. The van der Waals surface area contributed by atoms with Gasteiger partial charge >= 0.3 is 0 Å². The molecule has 3 heterocycles. The summed E-state index contributed by atoms with van der Waals surface area (Å²) in [6, 6.07) is -0.982. The summed E-state index contributed by atoms with van der Waals surface area (Å²) in [5, 5.41) is 119. The van der Waals surface area contributed by atoms with Gasteiger partial charge < -0.3 is 89.9 Å². The zero-order valence-electron chi connectivity index (χ0n) is 43.5. The van der Waals surface area contributed by atoms with Crippen molar-refractivity contribution in [2.24, 2.45) is 0 Å². The van der Waals surface area contributed by atoms with Crippen LogP contribution < -0.4 is 5.32 Å². The Morgan fingerprint density at radius 2 is 0.932 bits per heavy atom. The maximum atomic E-state index is 13.1. The minimum Gasteiger partial charge on any atom is -0.394 e. The van der Waals surface area contributed by atoms with Gasteiger partial charge in [0.1, 0.15) is 73.2 Å². The molecule has 0 aromatic rings. The van der Waals surface area contributed by atoms with Crippen molar-refractivity contribution in [3.8, 4) is 0 Å². The number of hydrogen-bond acceptors (Lipinski definition) is 18. The largest absolute Gasteiger partial charge is 0.394 e. The molecule has 12 N–H and O–H groups in total. The Morgan fingerprint density at radius 3 is 1.45 bits per heavy atom. The Morgan fingerprint density at radius 1 is 0.500 bits per heavy atom. The van der Waals surface area contributed by atoms with E-state index in [4.69, 9.17) is 28.4 Å². The van der Waals surface area contributed by atoms with E-state index in [1.54, 1.807) is 12.2 Å². The van der Waals surface area contributed by atoms with E-state index >= 15 is 0 Å². The van der Waals surface area contributed by atoms with Gasteiger partial charge in [0.05, 0.1) is 38.6 Å². The van der Waals surface area contributed by atoms with Crippen molar-refractivity contribution in [1.82, 2.24) is 5.32 Å². The first-order valence-corrected chi connectivity index (χ1v) is 26.8. The summed E-state index contributed by atoms with van der Waals surface area (Å²) in [6.45, 7) is 1.37. The third-order valence-electron chi connectivity index (χ3n) is 12.9. The van der Waals surface area contributed by atoms with E-state index in [1.165, 1.54) is 0 Å². The Balaban J connectivity index is 1.40. The molecule has 0 bridgehead atoms. The van der Waals surface area contributed by atoms with Crippen LogP contribution >= 0.6 is 0 Å². The van der Waals surface area contributed by atoms with Crippen LogP contribution in [-0.4, -0.2) is 193 Å². The molecule has 3 fully saturated rings. The number of aliphatic hydroxyl groups is 11. The molecule has 17 unspecified atom stereocenters. The Labute approximate surface area is 438 Å². The lowest BCUT2D eigenvalue weighted by molar-refractivity contribution is -0.379. The second-order valence-electron chi connectivity index (χ2n) is 19.0. The van der Waals surface area contributed by atoms with Crippen LogP contribution in [0, 0.1) is 0 Å². The molecular formula is C55H91NO18. The monoisotopic (exact) mass is 1050 g/mol. The zero-order valence-corrected chi connectivity index (χ0v) is 43.5. The first-order valence-electron chi connectivity index (χ1n) is 26.8. The lowest BCUT2D eigenvalue weighted by atomic mass is 9.96. The van der Waals surface area contributed by atoms with Crippen LogP contribution in [0.25, 0.3) is 0 Å². The van der Waals surface area contributed by atoms with Gasteiger partial charge in [-0.15, -0.1) is 0 Å². The fourth-order valence-electron chi connectivity index (χ4n) is 8.47. The molecule has 0 aromatic carbocycles. The number of carbonyl (C=O) groups is 1. The van der Waals surface area contributed by atoms with Gasteiger partial charge in [0, 0.05) is 6.42 Å². The summed E-state index contributed by atoms with van der Waals surface area (Å²) in [4.78, 5) is 13.1. The molecular weight excluding hydrogens is 963 g/mol. The van der Waals surface area contributed by atoms with E-state index < -0.39 is 124 Å². The fraction of sp³-hybridized carbons (Fsp3) is 0.727. The SMILES string of the molecule is CC/C=C\C/C=C\C/C=C\C/C=C\C/C=C\C/C=C\CCCCCCCCC(=O)NC(COC1OC(CO)C(OC2OC(CO)C(OC3OC(CO)C(O)C(O)C3O)C(O)C2O)C(O)C1O)C(O)/C=C/CCCC. The summed E-state index contributed by atoms with van der Waals surface area (Å²) in [6.07, 6.45) is 18.2. The highest BCUT2D eigenvalue weighted by Gasteiger charge is 2.53. The van der Waals surface area contributed by atoms with E-state index in [9.17, 15) is 61.0 Å². The van der Waals surface area contributed by atoms with Gasteiger partial charge in [0.25, 0.3) is 0 Å². The van der Waals surface area contributed by atoms with Gasteiger partial charge in [-0.1, -0.05) is 137 Å². The Kier molecular flexibility index (Phi) is 34.0. The van der Waals surface area contributed by atoms with Gasteiger partial charge in [-0.3, -0.25) is 4.79 Å². The number of allylic oxidation sites excluding steroid dienone is 13. The highest BCUT2D eigenvalue weighted by Crippen LogP contribution is 2.33. The van der Waals surface area contributed by atoms with Gasteiger partial charge in [-0.2, -0.15) is 0 Å². The van der Waals surface area contributed by atoms with E-state index in [1.807, 2.05) is 6.92 Å². The predicted octanol–water partition coefficient (Wildman–Crippen LogP) is 2.86. The molecule has 3 aliphatic rings. The number of amides is 1. The molecule has 3 rings (SSSR count). The van der Waals surface area contributed by atoms with Crippen molar-refractivity contribution in [3.63, 3.8) is 0 Å². The van der Waals surface area contributed by atoms with Gasteiger partial charge in [0.15, 0.2) is 18.9 Å². The molecule has 74 heavy (non-hydrogen) atoms. The van der Waals surface area contributed by atoms with Crippen LogP contribution in [0.4, 0.5) is 0 Å². The topological polar surface area (TPSA) is 307 Å². The van der Waals surface area contributed by atoms with Crippen LogP contribution in [0.1, 0.15) is 123 Å². The standard InChI is InChI=1S/C55H91NO18/c1-3-5-7-9-10-11-12-13-14-15-16-17-18-19-20-21-22-23-24-25-26-27-28-29-31-33-43(61)56-38(39(60)32-30-8-6-4-2)37-69-53-49(67)46(64)51(41(35-58)71-53)74-55-50(68)47(65)52(42(36-59)72-55)73-54-48(66)45(63)44(62)40(34-57)70-54/h5,7,10-11,13-14,16-17,19-20,22-23,30,32,38-42,44-55,57-60,62-68H,3-4,6,8-9,12,15,18,21,24-29,31,33-37H2,1-2H3,(H,56,61)/b7-5-,11-10-,14-13-,17-16-,20-19-,23-22-,32-30+. The van der Waals surface area contributed by atoms with Crippen molar-refractivity contribution in [2.75, 3.05) is 26.4 Å². The Bertz CT molecular complexity index is 1690. The van der Waals surface area contributed by atoms with E-state index in [-0.39, 0.29) is 18.9 Å². The smallest absolute Gasteiger partial charge is 0.220 e. The number of nitrogens with one attached hydrogen (secondary N) is 1. The van der Waals surface area contributed by atoms with Crippen LogP contribution in [0.3, 0.4) is 0 Å². The highest BCUT2D eigenvalue weighted by molar-refractivity contribution is 5.76. The summed E-state index contributed by atoms with van der Waals surface area (Å²) in [5.41, 5.74) is 0. The normalized spacial score (nSPS) is 32.1. The van der Waals surface area contributed by atoms with Crippen molar-refractivity contribution in [3.05, 3.63) is 85.1 Å². The summed E-state index contributed by atoms with van der Waals surface area (Å²) < 4.78 is 33.9. The first-order chi connectivity index (χ1) is 35.8. The molecule has 19 heteroatoms. The average molecular weight is 1050 g/mol. The molecule has 3 saturated heterocycles. The number of carbonyl (C=O) groups excluding carboxylic acids is 1. The van der Waals surface area contributed by atoms with Crippen molar-refractivity contribution < 1.29 is 89.4 Å². The van der Waals surface area contributed by atoms with E-state index in [2.05, 4.69) is 85.2 Å². The predicted molar refractivity (Wildman–Crippen MR) is 277 cm³/mol. The van der Waals surface area contributed by atoms with Crippen molar-refractivity contribution in [1.29, 1.82) is 0 Å². The Hall–Kier alpha value is -3.03. The number of rotatable bonds is 36. The minimum atomic E-state index is -1.98. The minimum absolute atomic E-state index is 0.218. The van der Waals surface area contributed by atoms with E-state index in [0.717, 1.165) is 89.9 Å². The summed E-state index contributed by atoms with van der Waals surface area (Å²) in [7, 11) is 0.